The van der Waals surface area contributed by atoms with Crippen LogP contribution in [-0.2, 0) is 16.1 Å². The monoisotopic (exact) mass is 475 g/mol. The lowest BCUT2D eigenvalue weighted by Gasteiger charge is -2.19. The van der Waals surface area contributed by atoms with Gasteiger partial charge in [0.15, 0.2) is 0 Å². The van der Waals surface area contributed by atoms with Crippen LogP contribution in [0.4, 0.5) is 0 Å². The number of hydrogen-bond acceptors (Lipinski definition) is 4. The summed E-state index contributed by atoms with van der Waals surface area (Å²) in [5.41, 5.74) is 1.15. The van der Waals surface area contributed by atoms with E-state index in [1.165, 1.54) is 25.7 Å². The summed E-state index contributed by atoms with van der Waals surface area (Å²) in [6, 6.07) is 5.98. The molecule has 1 aromatic carbocycles. The Labute approximate surface area is 205 Å². The first kappa shape index (κ1) is 29.6. The molecule has 1 unspecified atom stereocenters. The molecule has 0 aliphatic heterocycles. The van der Waals surface area contributed by atoms with Crippen molar-refractivity contribution >= 4 is 17.8 Å². The molecule has 0 saturated carbocycles. The Morgan fingerprint density at radius 2 is 1.41 bits per heavy atom. The highest BCUT2D eigenvalue weighted by atomic mass is 16.4. The lowest BCUT2D eigenvalue weighted by atomic mass is 10.1. The zero-order chi connectivity index (χ0) is 25.0. The van der Waals surface area contributed by atoms with Crippen LogP contribution in [0.1, 0.15) is 107 Å². The van der Waals surface area contributed by atoms with Gasteiger partial charge in [0.25, 0.3) is 0 Å². The molecule has 7 nitrogen and oxygen atoms in total. The fourth-order valence-corrected chi connectivity index (χ4v) is 3.73. The van der Waals surface area contributed by atoms with E-state index in [9.17, 15) is 14.4 Å². The highest BCUT2D eigenvalue weighted by Gasteiger charge is 2.20. The van der Waals surface area contributed by atoms with Gasteiger partial charge in [-0.1, -0.05) is 83.8 Å². The van der Waals surface area contributed by atoms with E-state index < -0.39 is 12.0 Å². The van der Waals surface area contributed by atoms with Crippen LogP contribution in [0.25, 0.3) is 0 Å². The van der Waals surface area contributed by atoms with E-state index in [1.807, 2.05) is 0 Å². The smallest absolute Gasteiger partial charge is 0.335 e. The van der Waals surface area contributed by atoms with Crippen molar-refractivity contribution in [3.63, 3.8) is 0 Å². The number of carbonyl (C=O) groups is 3. The number of aromatic carboxylic acids is 1. The SMILES string of the molecule is CCCCCCCCCC(=O)NC(CNCc1ccc(C(=O)O)cc1)C(=O)NCCCCCC. The Hall–Kier alpha value is -2.41. The lowest BCUT2D eigenvalue weighted by molar-refractivity contribution is -0.129. The molecule has 34 heavy (non-hydrogen) atoms. The van der Waals surface area contributed by atoms with Crippen molar-refractivity contribution in [3.05, 3.63) is 35.4 Å². The van der Waals surface area contributed by atoms with Gasteiger partial charge in [0.2, 0.25) is 11.8 Å². The Morgan fingerprint density at radius 1 is 0.824 bits per heavy atom. The van der Waals surface area contributed by atoms with Gasteiger partial charge in [-0.2, -0.15) is 0 Å². The molecule has 2 amide bonds. The second-order valence-corrected chi connectivity index (χ2v) is 8.98. The van der Waals surface area contributed by atoms with Gasteiger partial charge >= 0.3 is 5.97 Å². The quantitative estimate of drug-likeness (QED) is 0.203. The third kappa shape index (κ3) is 14.0. The Balaban J connectivity index is 2.48. The fraction of sp³-hybridized carbons (Fsp3) is 0.667. The molecular formula is C27H45N3O4. The molecule has 0 aliphatic carbocycles. The molecule has 0 bridgehead atoms. The van der Waals surface area contributed by atoms with Crippen molar-refractivity contribution in [2.75, 3.05) is 13.1 Å². The van der Waals surface area contributed by atoms with Crippen molar-refractivity contribution in [3.8, 4) is 0 Å². The summed E-state index contributed by atoms with van der Waals surface area (Å²) < 4.78 is 0. The van der Waals surface area contributed by atoms with Gasteiger partial charge in [-0.05, 0) is 30.5 Å². The Kier molecular flexibility index (Phi) is 16.5. The molecular weight excluding hydrogens is 430 g/mol. The summed E-state index contributed by atoms with van der Waals surface area (Å²) >= 11 is 0. The second kappa shape index (κ2) is 19.0. The van der Waals surface area contributed by atoms with Gasteiger partial charge < -0.3 is 21.1 Å². The van der Waals surface area contributed by atoms with Crippen molar-refractivity contribution in [1.29, 1.82) is 0 Å². The van der Waals surface area contributed by atoms with Crippen LogP contribution in [-0.4, -0.2) is 42.0 Å². The predicted molar refractivity (Wildman–Crippen MR) is 137 cm³/mol. The fourth-order valence-electron chi connectivity index (χ4n) is 3.73. The Bertz CT molecular complexity index is 706. The van der Waals surface area contributed by atoms with Crippen LogP contribution < -0.4 is 16.0 Å². The van der Waals surface area contributed by atoms with Crippen LogP contribution in [0.2, 0.25) is 0 Å². The van der Waals surface area contributed by atoms with E-state index >= 15 is 0 Å². The normalized spacial score (nSPS) is 11.7. The third-order valence-corrected chi connectivity index (χ3v) is 5.87. The molecule has 7 heteroatoms. The minimum Gasteiger partial charge on any atom is -0.478 e. The number of carboxylic acids is 1. The van der Waals surface area contributed by atoms with E-state index in [0.717, 1.165) is 50.5 Å². The molecule has 0 fully saturated rings. The van der Waals surface area contributed by atoms with E-state index in [1.54, 1.807) is 24.3 Å². The number of unbranched alkanes of at least 4 members (excludes halogenated alkanes) is 9. The molecule has 192 valence electrons. The van der Waals surface area contributed by atoms with Gasteiger partial charge in [0.05, 0.1) is 5.56 Å². The van der Waals surface area contributed by atoms with Gasteiger partial charge in [-0.25, -0.2) is 4.79 Å². The number of rotatable bonds is 20. The molecule has 0 heterocycles. The van der Waals surface area contributed by atoms with Crippen LogP contribution in [0.5, 0.6) is 0 Å². The molecule has 0 spiro atoms. The first-order chi connectivity index (χ1) is 16.5. The molecule has 1 aromatic rings. The maximum Gasteiger partial charge on any atom is 0.335 e. The van der Waals surface area contributed by atoms with Crippen molar-refractivity contribution in [2.45, 2.75) is 103 Å². The van der Waals surface area contributed by atoms with E-state index in [4.69, 9.17) is 5.11 Å². The van der Waals surface area contributed by atoms with Gasteiger partial charge in [-0.3, -0.25) is 9.59 Å². The van der Waals surface area contributed by atoms with Gasteiger partial charge in [-0.15, -0.1) is 0 Å². The zero-order valence-electron chi connectivity index (χ0n) is 21.2. The number of nitrogens with one attached hydrogen (secondary N) is 3. The summed E-state index contributed by atoms with van der Waals surface area (Å²) in [5, 5.41) is 18.1. The third-order valence-electron chi connectivity index (χ3n) is 5.87. The number of hydrogen-bond donors (Lipinski definition) is 4. The molecule has 0 aromatic heterocycles. The van der Waals surface area contributed by atoms with Crippen LogP contribution in [0.3, 0.4) is 0 Å². The molecule has 1 atom stereocenters. The molecule has 1 rings (SSSR count). The van der Waals surface area contributed by atoms with E-state index in [2.05, 4.69) is 29.8 Å². The number of amides is 2. The minimum atomic E-state index is -0.959. The van der Waals surface area contributed by atoms with E-state index in [-0.39, 0.29) is 17.4 Å². The van der Waals surface area contributed by atoms with Gasteiger partial charge in [0, 0.05) is 26.1 Å². The summed E-state index contributed by atoms with van der Waals surface area (Å²) in [6.07, 6.45) is 12.7. The molecule has 0 aliphatic rings. The average Bonchev–Trinajstić information content (AvgIpc) is 2.83. The number of benzene rings is 1. The number of carboxylic acid groups (broad SMARTS) is 1. The topological polar surface area (TPSA) is 108 Å². The molecule has 0 saturated heterocycles. The summed E-state index contributed by atoms with van der Waals surface area (Å²) in [6.45, 7) is 5.75. The first-order valence-electron chi connectivity index (χ1n) is 13.1. The average molecular weight is 476 g/mol. The second-order valence-electron chi connectivity index (χ2n) is 8.98. The van der Waals surface area contributed by atoms with Crippen LogP contribution in [0.15, 0.2) is 24.3 Å². The van der Waals surface area contributed by atoms with Crippen molar-refractivity contribution < 1.29 is 19.5 Å². The van der Waals surface area contributed by atoms with Crippen LogP contribution >= 0.6 is 0 Å². The summed E-state index contributed by atoms with van der Waals surface area (Å²) in [4.78, 5) is 36.2. The first-order valence-corrected chi connectivity index (χ1v) is 13.1. The summed E-state index contributed by atoms with van der Waals surface area (Å²) in [5.74, 6) is -1.22. The number of carbonyl (C=O) groups excluding carboxylic acids is 2. The molecule has 4 N–H and O–H groups in total. The van der Waals surface area contributed by atoms with Crippen LogP contribution in [0, 0.1) is 0 Å². The van der Waals surface area contributed by atoms with E-state index in [0.29, 0.717) is 26.1 Å². The van der Waals surface area contributed by atoms with Gasteiger partial charge in [0.1, 0.15) is 6.04 Å². The predicted octanol–water partition coefficient (Wildman–Crippen LogP) is 4.80. The standard InChI is InChI=1S/C27H45N3O4/c1-3-5-7-9-10-11-12-14-25(31)30-24(26(32)29-19-13-8-6-4-2)21-28-20-22-15-17-23(18-16-22)27(33)34/h15-18,24,28H,3-14,19-21H2,1-2H3,(H,29,32)(H,30,31)(H,33,34). The maximum absolute atomic E-state index is 12.7. The lowest BCUT2D eigenvalue weighted by Crippen LogP contribution is -2.51. The Morgan fingerprint density at radius 3 is 2.03 bits per heavy atom. The zero-order valence-corrected chi connectivity index (χ0v) is 21.2. The highest BCUT2D eigenvalue weighted by Crippen LogP contribution is 2.08. The van der Waals surface area contributed by atoms with Crippen molar-refractivity contribution in [2.24, 2.45) is 0 Å². The minimum absolute atomic E-state index is 0.0905. The molecule has 0 radical (unpaired) electrons. The largest absolute Gasteiger partial charge is 0.478 e. The summed E-state index contributed by atoms with van der Waals surface area (Å²) in [7, 11) is 0. The maximum atomic E-state index is 12.7. The van der Waals surface area contributed by atoms with Crippen molar-refractivity contribution in [1.82, 2.24) is 16.0 Å². The highest BCUT2D eigenvalue weighted by molar-refractivity contribution is 5.88.